The van der Waals surface area contributed by atoms with Gasteiger partial charge >= 0.3 is 0 Å². The fraction of sp³-hybridized carbons (Fsp3) is 0.829. The average molecular weight is 606 g/mol. The third kappa shape index (κ3) is 5.00. The maximum Gasteiger partial charge on any atom is 0.108 e. The van der Waals surface area contributed by atoms with Gasteiger partial charge in [-0.1, -0.05) is 62.6 Å². The lowest BCUT2D eigenvalue weighted by Gasteiger charge is -2.71. The van der Waals surface area contributed by atoms with E-state index in [1.165, 1.54) is 77.4 Å². The number of aliphatic hydroxyl groups excluding tert-OH is 2. The van der Waals surface area contributed by atoms with Crippen molar-refractivity contribution in [3.63, 3.8) is 0 Å². The monoisotopic (exact) mass is 605 g/mol. The van der Waals surface area contributed by atoms with Crippen molar-refractivity contribution in [1.29, 1.82) is 0 Å². The van der Waals surface area contributed by atoms with Crippen LogP contribution in [-0.4, -0.2) is 64.7 Å². The molecule has 242 valence electrons. The van der Waals surface area contributed by atoms with Crippen LogP contribution in [0.25, 0.3) is 0 Å². The van der Waals surface area contributed by atoms with Crippen LogP contribution in [-0.2, 0) is 26.3 Å². The van der Waals surface area contributed by atoms with Crippen LogP contribution in [0.1, 0.15) is 96.9 Å². The van der Waals surface area contributed by atoms with Gasteiger partial charge in [0.05, 0.1) is 25.6 Å². The van der Waals surface area contributed by atoms with Crippen LogP contribution in [0, 0.1) is 51.8 Å². The topological polar surface area (TPSA) is 105 Å². The minimum absolute atomic E-state index is 0.0832. The van der Waals surface area contributed by atoms with E-state index in [4.69, 9.17) is 0 Å². The molecule has 44 heavy (non-hydrogen) atoms. The number of piperidine rings is 1. The standard InChI is InChI=1S/C35H55N7O2/c1-24(2)28-16-35-12-9-31-33(3,23-40-13-6-5-7-14-40)10-8-11-34(31,4)32(35)15-27(28)29(19-41-17-25(21-43)36-38-41)30(35)20-42-18-26(22-44)37-39-42/h16-18,24,27,29-32,43-44H,5-15,19-23H2,1-4H3/t27-,29-,30-,31-,32+,33-,34-,35?/m0/s1. The average Bonchev–Trinajstić information content (AvgIpc) is 3.67. The van der Waals surface area contributed by atoms with Gasteiger partial charge in [0, 0.05) is 19.6 Å². The fourth-order valence-electron chi connectivity index (χ4n) is 11.8. The summed E-state index contributed by atoms with van der Waals surface area (Å²) in [6.45, 7) is 15.4. The molecule has 3 heterocycles. The number of hydrogen-bond acceptors (Lipinski definition) is 7. The Kier molecular flexibility index (Phi) is 8.06. The van der Waals surface area contributed by atoms with Crippen LogP contribution in [0.2, 0.25) is 0 Å². The molecule has 0 amide bonds. The molecule has 0 aromatic carbocycles. The summed E-state index contributed by atoms with van der Waals surface area (Å²) >= 11 is 0. The van der Waals surface area contributed by atoms with Crippen LogP contribution in [0.4, 0.5) is 0 Å². The number of hydrogen-bond donors (Lipinski definition) is 2. The smallest absolute Gasteiger partial charge is 0.108 e. The summed E-state index contributed by atoms with van der Waals surface area (Å²) < 4.78 is 3.99. The number of likely N-dealkylation sites (tertiary alicyclic amines) is 1. The van der Waals surface area contributed by atoms with Gasteiger partial charge in [-0.15, -0.1) is 10.2 Å². The normalized spacial score (nSPS) is 38.9. The van der Waals surface area contributed by atoms with E-state index in [2.05, 4.69) is 59.3 Å². The van der Waals surface area contributed by atoms with Crippen molar-refractivity contribution >= 4 is 0 Å². The molecule has 2 N–H and O–H groups in total. The Labute approximate surface area is 263 Å². The number of aromatic nitrogens is 6. The molecular formula is C35H55N7O2. The molecule has 4 fully saturated rings. The first kappa shape index (κ1) is 30.5. The van der Waals surface area contributed by atoms with Crippen molar-refractivity contribution in [3.8, 4) is 0 Å². The highest BCUT2D eigenvalue weighted by molar-refractivity contribution is 5.31. The van der Waals surface area contributed by atoms with Crippen molar-refractivity contribution in [3.05, 3.63) is 35.4 Å². The molecule has 1 spiro atoms. The Morgan fingerprint density at radius 1 is 0.864 bits per heavy atom. The molecule has 5 aliphatic carbocycles. The van der Waals surface area contributed by atoms with Gasteiger partial charge in [0.15, 0.2) is 0 Å². The lowest BCUT2D eigenvalue weighted by atomic mass is 9.34. The van der Waals surface area contributed by atoms with Crippen molar-refractivity contribution in [2.45, 2.75) is 112 Å². The van der Waals surface area contributed by atoms with E-state index < -0.39 is 0 Å². The molecule has 2 aromatic rings. The summed E-state index contributed by atoms with van der Waals surface area (Å²) in [6, 6.07) is 0. The zero-order valence-electron chi connectivity index (χ0n) is 27.5. The largest absolute Gasteiger partial charge is 0.390 e. The highest BCUT2D eigenvalue weighted by atomic mass is 16.3. The highest BCUT2D eigenvalue weighted by Crippen LogP contribution is 2.73. The van der Waals surface area contributed by atoms with Gasteiger partial charge in [-0.3, -0.25) is 9.36 Å². The molecular weight excluding hydrogens is 550 g/mol. The Morgan fingerprint density at radius 2 is 1.55 bits per heavy atom. The quantitative estimate of drug-likeness (QED) is 0.383. The summed E-state index contributed by atoms with van der Waals surface area (Å²) in [7, 11) is 0. The molecule has 3 saturated carbocycles. The van der Waals surface area contributed by atoms with E-state index in [1.54, 1.807) is 5.57 Å². The predicted molar refractivity (Wildman–Crippen MR) is 169 cm³/mol. The zero-order valence-corrected chi connectivity index (χ0v) is 27.5. The predicted octanol–water partition coefficient (Wildman–Crippen LogP) is 5.10. The van der Waals surface area contributed by atoms with Gasteiger partial charge in [0.2, 0.25) is 0 Å². The van der Waals surface area contributed by atoms with E-state index in [1.807, 2.05) is 21.8 Å². The van der Waals surface area contributed by atoms with E-state index in [-0.39, 0.29) is 18.6 Å². The summed E-state index contributed by atoms with van der Waals surface area (Å²) in [4.78, 5) is 2.81. The maximum atomic E-state index is 9.78. The Balaban J connectivity index is 1.28. The molecule has 1 aliphatic heterocycles. The van der Waals surface area contributed by atoms with Crippen LogP contribution in [0.3, 0.4) is 0 Å². The van der Waals surface area contributed by atoms with Gasteiger partial charge in [0.1, 0.15) is 11.4 Å². The van der Waals surface area contributed by atoms with Crippen LogP contribution < -0.4 is 0 Å². The first-order valence-corrected chi connectivity index (χ1v) is 17.6. The molecule has 9 nitrogen and oxygen atoms in total. The zero-order chi connectivity index (χ0) is 30.7. The molecule has 1 unspecified atom stereocenters. The van der Waals surface area contributed by atoms with E-state index in [0.717, 1.165) is 19.0 Å². The van der Waals surface area contributed by atoms with Crippen molar-refractivity contribution in [2.75, 3.05) is 19.6 Å². The van der Waals surface area contributed by atoms with Crippen LogP contribution in [0.5, 0.6) is 0 Å². The number of allylic oxidation sites excluding steroid dienone is 2. The number of rotatable bonds is 9. The lowest BCUT2D eigenvalue weighted by molar-refractivity contribution is -0.191. The van der Waals surface area contributed by atoms with E-state index in [0.29, 0.717) is 51.8 Å². The number of aliphatic hydroxyl groups is 2. The second-order valence-electron chi connectivity index (χ2n) is 16.2. The first-order valence-electron chi connectivity index (χ1n) is 17.6. The number of nitrogens with zero attached hydrogens (tertiary/aromatic N) is 7. The number of fused-ring (bicyclic) bond motifs is 2. The minimum atomic E-state index is -0.0838. The Hall–Kier alpha value is -2.10. The van der Waals surface area contributed by atoms with Crippen molar-refractivity contribution < 1.29 is 10.2 Å². The maximum absolute atomic E-state index is 9.78. The molecule has 8 rings (SSSR count). The molecule has 9 heteroatoms. The van der Waals surface area contributed by atoms with Crippen molar-refractivity contribution in [2.24, 2.45) is 51.8 Å². The minimum Gasteiger partial charge on any atom is -0.390 e. The second-order valence-corrected chi connectivity index (χ2v) is 16.2. The van der Waals surface area contributed by atoms with Gasteiger partial charge in [-0.05, 0) is 110 Å². The fourth-order valence-corrected chi connectivity index (χ4v) is 11.8. The van der Waals surface area contributed by atoms with Crippen LogP contribution in [0.15, 0.2) is 24.0 Å². The third-order valence-corrected chi connectivity index (χ3v) is 13.5. The SMILES string of the molecule is CC(C)C1=CC23CC[C@H]4[C@](C)(CN5CCCCC5)CCC[C@]4(C)[C@H]2C[C@@H]1[C@H](Cn1cc(CO)nn1)[C@@H]3Cn1cc(CO)nn1. The van der Waals surface area contributed by atoms with Gasteiger partial charge in [-0.2, -0.15) is 0 Å². The lowest BCUT2D eigenvalue weighted by Crippen LogP contribution is -2.65. The third-order valence-electron chi connectivity index (χ3n) is 13.5. The molecule has 2 aromatic heterocycles. The summed E-state index contributed by atoms with van der Waals surface area (Å²) in [5, 5.41) is 37.0. The summed E-state index contributed by atoms with van der Waals surface area (Å²) in [6.07, 6.45) is 18.7. The first-order chi connectivity index (χ1) is 21.2. The molecule has 8 atom stereocenters. The van der Waals surface area contributed by atoms with Gasteiger partial charge < -0.3 is 15.1 Å². The second kappa shape index (κ2) is 11.6. The van der Waals surface area contributed by atoms with Crippen LogP contribution >= 0.6 is 0 Å². The van der Waals surface area contributed by atoms with Gasteiger partial charge in [-0.25, -0.2) is 0 Å². The highest BCUT2D eigenvalue weighted by Gasteiger charge is 2.67. The molecule has 6 aliphatic rings. The van der Waals surface area contributed by atoms with Gasteiger partial charge in [0.25, 0.3) is 0 Å². The van der Waals surface area contributed by atoms with E-state index >= 15 is 0 Å². The summed E-state index contributed by atoms with van der Waals surface area (Å²) in [5.41, 5.74) is 3.71. The van der Waals surface area contributed by atoms with Crippen molar-refractivity contribution in [1.82, 2.24) is 34.9 Å². The van der Waals surface area contributed by atoms with E-state index in [9.17, 15) is 10.2 Å². The molecule has 0 radical (unpaired) electrons. The Morgan fingerprint density at radius 3 is 2.18 bits per heavy atom. The molecule has 1 saturated heterocycles. The Bertz CT molecular complexity index is 1350. The molecule has 2 bridgehead atoms. The summed E-state index contributed by atoms with van der Waals surface area (Å²) in [5.74, 6) is 3.18.